The molecule has 0 saturated carbocycles. The van der Waals surface area contributed by atoms with Crippen molar-refractivity contribution >= 4 is 17.6 Å². The van der Waals surface area contributed by atoms with Crippen LogP contribution >= 0.6 is 0 Å². The van der Waals surface area contributed by atoms with E-state index in [1.165, 1.54) is 18.3 Å². The molecule has 0 fully saturated rings. The van der Waals surface area contributed by atoms with Crippen LogP contribution in [0.4, 0.5) is 5.69 Å². The van der Waals surface area contributed by atoms with Crippen LogP contribution in [0.15, 0.2) is 18.3 Å². The van der Waals surface area contributed by atoms with Crippen LogP contribution in [-0.2, 0) is 4.79 Å². The van der Waals surface area contributed by atoms with E-state index >= 15 is 0 Å². The molecule has 0 radical (unpaired) electrons. The second kappa shape index (κ2) is 5.08. The highest BCUT2D eigenvalue weighted by atomic mass is 16.4. The maximum atomic E-state index is 11.4. The monoisotopic (exact) mass is 225 g/mol. The topological polar surface area (TPSA) is 126 Å². The van der Waals surface area contributed by atoms with Crippen molar-refractivity contribution in [2.24, 2.45) is 0 Å². The Labute approximate surface area is 90.9 Å². The number of pyridine rings is 1. The van der Waals surface area contributed by atoms with Crippen molar-refractivity contribution in [1.29, 1.82) is 0 Å². The van der Waals surface area contributed by atoms with Crippen LogP contribution in [0.5, 0.6) is 0 Å². The van der Waals surface area contributed by atoms with Gasteiger partial charge >= 0.3 is 5.97 Å². The van der Waals surface area contributed by atoms with Gasteiger partial charge in [-0.25, -0.2) is 9.78 Å². The lowest BCUT2D eigenvalue weighted by atomic mass is 10.2. The van der Waals surface area contributed by atoms with E-state index in [4.69, 9.17) is 15.9 Å². The number of hydrogen-bond acceptors (Lipinski definition) is 5. The Kier molecular flexibility index (Phi) is 3.78. The Bertz CT molecular complexity index is 390. The minimum absolute atomic E-state index is 0.0360. The molecule has 16 heavy (non-hydrogen) atoms. The zero-order valence-electron chi connectivity index (χ0n) is 8.25. The number of carbonyl (C=O) groups is 2. The number of nitrogens with two attached hydrogens (primary N) is 1. The summed E-state index contributed by atoms with van der Waals surface area (Å²) in [4.78, 5) is 25.7. The van der Waals surface area contributed by atoms with Crippen LogP contribution in [-0.4, -0.2) is 39.7 Å². The van der Waals surface area contributed by atoms with Crippen LogP contribution in [0.2, 0.25) is 0 Å². The normalized spacial score (nSPS) is 11.8. The molecule has 86 valence electrons. The van der Waals surface area contributed by atoms with Gasteiger partial charge in [0.05, 0.1) is 18.5 Å². The molecule has 0 aromatic carbocycles. The lowest BCUT2D eigenvalue weighted by Gasteiger charge is -2.10. The lowest BCUT2D eigenvalue weighted by Crippen LogP contribution is -2.43. The van der Waals surface area contributed by atoms with E-state index in [-0.39, 0.29) is 5.69 Å². The Balaban J connectivity index is 2.71. The van der Waals surface area contributed by atoms with Crippen LogP contribution in [0.3, 0.4) is 0 Å². The number of rotatable bonds is 4. The first-order valence-electron chi connectivity index (χ1n) is 4.40. The van der Waals surface area contributed by atoms with E-state index in [1.54, 1.807) is 0 Å². The van der Waals surface area contributed by atoms with Crippen molar-refractivity contribution in [3.05, 3.63) is 24.0 Å². The summed E-state index contributed by atoms with van der Waals surface area (Å²) in [5.41, 5.74) is 5.81. The number of hydrogen-bond donors (Lipinski definition) is 4. The maximum Gasteiger partial charge on any atom is 0.328 e. The summed E-state index contributed by atoms with van der Waals surface area (Å²) in [7, 11) is 0. The first-order valence-corrected chi connectivity index (χ1v) is 4.40. The molecule has 7 heteroatoms. The molecule has 1 amide bonds. The van der Waals surface area contributed by atoms with Gasteiger partial charge in [-0.05, 0) is 12.1 Å². The Morgan fingerprint density at radius 1 is 1.50 bits per heavy atom. The number of nitrogens with one attached hydrogen (secondary N) is 1. The molecule has 0 spiro atoms. The second-order valence-corrected chi connectivity index (χ2v) is 3.02. The van der Waals surface area contributed by atoms with Crippen LogP contribution in [0, 0.1) is 0 Å². The largest absolute Gasteiger partial charge is 0.480 e. The van der Waals surface area contributed by atoms with Gasteiger partial charge in [-0.3, -0.25) is 4.79 Å². The number of amides is 1. The predicted molar refractivity (Wildman–Crippen MR) is 54.6 cm³/mol. The molecule has 1 aromatic rings. The van der Waals surface area contributed by atoms with Gasteiger partial charge in [0.1, 0.15) is 5.69 Å². The number of anilines is 1. The van der Waals surface area contributed by atoms with Crippen molar-refractivity contribution in [3.63, 3.8) is 0 Å². The smallest absolute Gasteiger partial charge is 0.328 e. The fourth-order valence-electron chi connectivity index (χ4n) is 0.957. The van der Waals surface area contributed by atoms with Crippen molar-refractivity contribution in [2.45, 2.75) is 6.04 Å². The summed E-state index contributed by atoms with van der Waals surface area (Å²) in [5, 5.41) is 19.4. The fourth-order valence-corrected chi connectivity index (χ4v) is 0.957. The lowest BCUT2D eigenvalue weighted by molar-refractivity contribution is -0.140. The SMILES string of the molecule is Nc1ccc(C(=O)N[C@@H](CO)C(=O)O)nc1. The molecule has 5 N–H and O–H groups in total. The van der Waals surface area contributed by atoms with Gasteiger partial charge in [0.15, 0.2) is 6.04 Å². The number of aliphatic carboxylic acids is 1. The number of nitrogen functional groups attached to an aromatic ring is 1. The molecule has 1 heterocycles. The fraction of sp³-hybridized carbons (Fsp3) is 0.222. The van der Waals surface area contributed by atoms with Gasteiger partial charge in [0, 0.05) is 0 Å². The minimum atomic E-state index is -1.34. The zero-order chi connectivity index (χ0) is 12.1. The molecular weight excluding hydrogens is 214 g/mol. The van der Waals surface area contributed by atoms with Crippen molar-refractivity contribution in [2.75, 3.05) is 12.3 Å². The van der Waals surface area contributed by atoms with Crippen molar-refractivity contribution in [1.82, 2.24) is 10.3 Å². The summed E-state index contributed by atoms with van der Waals surface area (Å²) in [6, 6.07) is 1.49. The maximum absolute atomic E-state index is 11.4. The Morgan fingerprint density at radius 2 is 2.19 bits per heavy atom. The van der Waals surface area contributed by atoms with E-state index in [9.17, 15) is 9.59 Å². The molecule has 1 aromatic heterocycles. The predicted octanol–water partition coefficient (Wildman–Crippen LogP) is -1.16. The number of aromatic nitrogens is 1. The zero-order valence-corrected chi connectivity index (χ0v) is 8.25. The Hall–Kier alpha value is -2.15. The summed E-state index contributed by atoms with van der Waals surface area (Å²) in [6.45, 7) is -0.684. The molecule has 1 rings (SSSR count). The number of aliphatic hydroxyl groups excluding tert-OH is 1. The van der Waals surface area contributed by atoms with Gasteiger partial charge in [0.2, 0.25) is 0 Å². The summed E-state index contributed by atoms with van der Waals surface area (Å²) >= 11 is 0. The summed E-state index contributed by atoms with van der Waals surface area (Å²) in [5.74, 6) is -1.99. The summed E-state index contributed by atoms with van der Waals surface area (Å²) < 4.78 is 0. The van der Waals surface area contributed by atoms with E-state index < -0.39 is 24.5 Å². The van der Waals surface area contributed by atoms with E-state index in [2.05, 4.69) is 10.3 Å². The van der Waals surface area contributed by atoms with Crippen molar-refractivity contribution < 1.29 is 19.8 Å². The molecule has 0 aliphatic heterocycles. The number of carboxylic acids is 1. The van der Waals surface area contributed by atoms with Gasteiger partial charge in [0.25, 0.3) is 5.91 Å². The number of aliphatic hydroxyl groups is 1. The standard InChI is InChI=1S/C9H11N3O4/c10-5-1-2-6(11-3-5)8(14)12-7(4-13)9(15)16/h1-3,7,13H,4,10H2,(H,12,14)(H,15,16)/t7-/m0/s1. The number of nitrogens with zero attached hydrogens (tertiary/aromatic N) is 1. The highest BCUT2D eigenvalue weighted by Crippen LogP contribution is 2.01. The average molecular weight is 225 g/mol. The molecule has 0 saturated heterocycles. The molecule has 0 aliphatic rings. The van der Waals surface area contributed by atoms with Gasteiger partial charge in [-0.2, -0.15) is 0 Å². The molecule has 0 bridgehead atoms. The van der Waals surface area contributed by atoms with Gasteiger partial charge < -0.3 is 21.3 Å². The minimum Gasteiger partial charge on any atom is -0.480 e. The number of carboxylic acid groups (broad SMARTS) is 1. The van der Waals surface area contributed by atoms with E-state index in [1.807, 2.05) is 0 Å². The van der Waals surface area contributed by atoms with Crippen LogP contribution < -0.4 is 11.1 Å². The first-order chi connectivity index (χ1) is 7.54. The third kappa shape index (κ3) is 2.92. The quantitative estimate of drug-likeness (QED) is 0.512. The average Bonchev–Trinajstić information content (AvgIpc) is 2.26. The van der Waals surface area contributed by atoms with E-state index in [0.717, 1.165) is 0 Å². The third-order valence-electron chi connectivity index (χ3n) is 1.80. The third-order valence-corrected chi connectivity index (χ3v) is 1.80. The first kappa shape index (κ1) is 11.9. The van der Waals surface area contributed by atoms with Gasteiger partial charge in [-0.1, -0.05) is 0 Å². The van der Waals surface area contributed by atoms with Crippen LogP contribution in [0.25, 0.3) is 0 Å². The molecule has 0 unspecified atom stereocenters. The van der Waals surface area contributed by atoms with Gasteiger partial charge in [-0.15, -0.1) is 0 Å². The molecule has 7 nitrogen and oxygen atoms in total. The summed E-state index contributed by atoms with van der Waals surface area (Å²) in [6.07, 6.45) is 1.28. The highest BCUT2D eigenvalue weighted by molar-refractivity contribution is 5.95. The molecule has 0 aliphatic carbocycles. The number of carbonyl (C=O) groups excluding carboxylic acids is 1. The second-order valence-electron chi connectivity index (χ2n) is 3.02. The van der Waals surface area contributed by atoms with Crippen LogP contribution in [0.1, 0.15) is 10.5 Å². The molecular formula is C9H11N3O4. The highest BCUT2D eigenvalue weighted by Gasteiger charge is 2.19. The molecule has 1 atom stereocenters. The van der Waals surface area contributed by atoms with Crippen molar-refractivity contribution in [3.8, 4) is 0 Å². The van der Waals surface area contributed by atoms with E-state index in [0.29, 0.717) is 5.69 Å². The Morgan fingerprint density at radius 3 is 2.62 bits per heavy atom.